The molecule has 1 aromatic rings. The number of rotatable bonds is 5. The average Bonchev–Trinajstić information content (AvgIpc) is 2.98. The molecule has 0 aromatic carbocycles. The van der Waals surface area contributed by atoms with E-state index in [9.17, 15) is 13.2 Å². The van der Waals surface area contributed by atoms with Crippen LogP contribution in [0.1, 0.15) is 16.1 Å². The molecule has 8 heteroatoms. The van der Waals surface area contributed by atoms with E-state index in [1.54, 1.807) is 0 Å². The van der Waals surface area contributed by atoms with Gasteiger partial charge < -0.3 is 10.0 Å². The molecular formula is C12H18N2O4S2. The van der Waals surface area contributed by atoms with E-state index in [0.717, 1.165) is 30.8 Å². The van der Waals surface area contributed by atoms with Crippen molar-refractivity contribution in [1.29, 1.82) is 0 Å². The first-order chi connectivity index (χ1) is 9.32. The van der Waals surface area contributed by atoms with E-state index in [-0.39, 0.29) is 9.77 Å². The van der Waals surface area contributed by atoms with Crippen LogP contribution in [0.4, 0.5) is 0 Å². The number of carboxylic acid groups (broad SMARTS) is 1. The van der Waals surface area contributed by atoms with Crippen LogP contribution in [0.25, 0.3) is 0 Å². The van der Waals surface area contributed by atoms with Gasteiger partial charge in [-0.3, -0.25) is 0 Å². The SMILES string of the molecule is CN1CCC(CN(C)S(=O)(=O)c2ccsc2C(=O)O)C1. The average molecular weight is 318 g/mol. The maximum Gasteiger partial charge on any atom is 0.347 e. The van der Waals surface area contributed by atoms with Crippen LogP contribution >= 0.6 is 11.3 Å². The van der Waals surface area contributed by atoms with E-state index >= 15 is 0 Å². The van der Waals surface area contributed by atoms with Gasteiger partial charge in [0, 0.05) is 20.1 Å². The molecule has 1 aliphatic rings. The molecular weight excluding hydrogens is 300 g/mol. The maximum absolute atomic E-state index is 12.4. The monoisotopic (exact) mass is 318 g/mol. The number of aromatic carboxylic acids is 1. The van der Waals surface area contributed by atoms with E-state index < -0.39 is 16.0 Å². The van der Waals surface area contributed by atoms with Crippen LogP contribution in [-0.2, 0) is 10.0 Å². The third-order valence-corrected chi connectivity index (χ3v) is 6.41. The first-order valence-corrected chi connectivity index (χ1v) is 8.60. The summed E-state index contributed by atoms with van der Waals surface area (Å²) in [5.74, 6) is -0.903. The number of hydrogen-bond acceptors (Lipinski definition) is 5. The van der Waals surface area contributed by atoms with E-state index in [1.807, 2.05) is 7.05 Å². The Bertz CT molecular complexity index is 596. The lowest BCUT2D eigenvalue weighted by atomic mass is 10.1. The third kappa shape index (κ3) is 3.03. The molecule has 0 aliphatic carbocycles. The molecule has 0 saturated carbocycles. The van der Waals surface area contributed by atoms with Gasteiger partial charge in [0.1, 0.15) is 9.77 Å². The fourth-order valence-corrected chi connectivity index (χ4v) is 4.94. The van der Waals surface area contributed by atoms with Gasteiger partial charge in [0.15, 0.2) is 0 Å². The van der Waals surface area contributed by atoms with Crippen molar-refractivity contribution < 1.29 is 18.3 Å². The number of likely N-dealkylation sites (tertiary alicyclic amines) is 1. The minimum atomic E-state index is -3.73. The van der Waals surface area contributed by atoms with Crippen LogP contribution in [-0.4, -0.2) is 62.4 Å². The molecule has 1 saturated heterocycles. The molecule has 1 unspecified atom stereocenters. The Balaban J connectivity index is 2.17. The van der Waals surface area contributed by atoms with Crippen molar-refractivity contribution in [2.45, 2.75) is 11.3 Å². The second-order valence-electron chi connectivity index (χ2n) is 5.12. The Kier molecular flexibility index (Phi) is 4.48. The normalized spacial score (nSPS) is 20.6. The Morgan fingerprint density at radius 3 is 2.85 bits per heavy atom. The summed E-state index contributed by atoms with van der Waals surface area (Å²) in [5.41, 5.74) is 0. The first kappa shape index (κ1) is 15.4. The van der Waals surface area contributed by atoms with E-state index in [1.165, 1.54) is 22.8 Å². The van der Waals surface area contributed by atoms with Gasteiger partial charge in [0.2, 0.25) is 10.0 Å². The quantitative estimate of drug-likeness (QED) is 0.877. The van der Waals surface area contributed by atoms with Crippen LogP contribution < -0.4 is 0 Å². The molecule has 1 aliphatic heterocycles. The molecule has 1 fully saturated rings. The second kappa shape index (κ2) is 5.80. The Morgan fingerprint density at radius 2 is 2.30 bits per heavy atom. The molecule has 1 atom stereocenters. The highest BCUT2D eigenvalue weighted by Gasteiger charge is 2.30. The van der Waals surface area contributed by atoms with Gasteiger partial charge in [-0.2, -0.15) is 0 Å². The number of thiophene rings is 1. The molecule has 0 amide bonds. The van der Waals surface area contributed by atoms with Crippen molar-refractivity contribution in [1.82, 2.24) is 9.21 Å². The lowest BCUT2D eigenvalue weighted by molar-refractivity contribution is 0.0698. The Hall–Kier alpha value is -0.960. The van der Waals surface area contributed by atoms with Crippen molar-refractivity contribution in [2.75, 3.05) is 33.7 Å². The predicted molar refractivity (Wildman–Crippen MR) is 76.7 cm³/mol. The van der Waals surface area contributed by atoms with Crippen LogP contribution in [0.3, 0.4) is 0 Å². The molecule has 0 radical (unpaired) electrons. The first-order valence-electron chi connectivity index (χ1n) is 6.28. The number of carbonyl (C=O) groups is 1. The number of nitrogens with zero attached hydrogens (tertiary/aromatic N) is 2. The smallest absolute Gasteiger partial charge is 0.347 e. The van der Waals surface area contributed by atoms with Gasteiger partial charge in [-0.15, -0.1) is 11.3 Å². The van der Waals surface area contributed by atoms with Crippen LogP contribution in [0.2, 0.25) is 0 Å². The zero-order valence-corrected chi connectivity index (χ0v) is 13.1. The maximum atomic E-state index is 12.4. The fraction of sp³-hybridized carbons (Fsp3) is 0.583. The zero-order valence-electron chi connectivity index (χ0n) is 11.4. The van der Waals surface area contributed by atoms with Crippen LogP contribution in [0, 0.1) is 5.92 Å². The summed E-state index contributed by atoms with van der Waals surface area (Å²) in [6, 6.07) is 1.36. The van der Waals surface area contributed by atoms with Gasteiger partial charge in [-0.05, 0) is 37.4 Å². The summed E-state index contributed by atoms with van der Waals surface area (Å²) >= 11 is 0.931. The molecule has 6 nitrogen and oxygen atoms in total. The summed E-state index contributed by atoms with van der Waals surface area (Å²) in [6.07, 6.45) is 0.964. The highest BCUT2D eigenvalue weighted by atomic mass is 32.2. The summed E-state index contributed by atoms with van der Waals surface area (Å²) < 4.78 is 26.2. The van der Waals surface area contributed by atoms with Gasteiger partial charge in [0.05, 0.1) is 0 Å². The number of sulfonamides is 1. The lowest BCUT2D eigenvalue weighted by Gasteiger charge is -2.20. The van der Waals surface area contributed by atoms with E-state index in [2.05, 4.69) is 4.90 Å². The zero-order chi connectivity index (χ0) is 14.9. The molecule has 0 bridgehead atoms. The minimum absolute atomic E-state index is 0.108. The van der Waals surface area contributed by atoms with E-state index in [0.29, 0.717) is 12.5 Å². The largest absolute Gasteiger partial charge is 0.477 e. The van der Waals surface area contributed by atoms with Crippen molar-refractivity contribution in [2.24, 2.45) is 5.92 Å². The number of hydrogen-bond donors (Lipinski definition) is 1. The molecule has 2 heterocycles. The Labute approximate surface area is 122 Å². The molecule has 1 aromatic heterocycles. The number of carboxylic acids is 1. The topological polar surface area (TPSA) is 77.9 Å². The van der Waals surface area contributed by atoms with Gasteiger partial charge in [0.25, 0.3) is 0 Å². The molecule has 2 rings (SSSR count). The van der Waals surface area contributed by atoms with Gasteiger partial charge >= 0.3 is 5.97 Å². The summed E-state index contributed by atoms with van der Waals surface area (Å²) in [7, 11) is -0.211. The highest BCUT2D eigenvalue weighted by molar-refractivity contribution is 7.89. The van der Waals surface area contributed by atoms with Crippen molar-refractivity contribution >= 4 is 27.3 Å². The van der Waals surface area contributed by atoms with Crippen LogP contribution in [0.15, 0.2) is 16.3 Å². The predicted octanol–water partition coefficient (Wildman–Crippen LogP) is 1.02. The van der Waals surface area contributed by atoms with E-state index in [4.69, 9.17) is 5.11 Å². The van der Waals surface area contributed by atoms with Crippen molar-refractivity contribution in [3.8, 4) is 0 Å². The lowest BCUT2D eigenvalue weighted by Crippen LogP contribution is -2.33. The molecule has 112 valence electrons. The summed E-state index contributed by atoms with van der Waals surface area (Å²) in [5, 5.41) is 10.5. The molecule has 0 spiro atoms. The third-order valence-electron chi connectivity index (χ3n) is 3.52. The van der Waals surface area contributed by atoms with Crippen molar-refractivity contribution in [3.05, 3.63) is 16.3 Å². The van der Waals surface area contributed by atoms with Crippen LogP contribution in [0.5, 0.6) is 0 Å². The molecule has 20 heavy (non-hydrogen) atoms. The Morgan fingerprint density at radius 1 is 1.60 bits per heavy atom. The highest BCUT2D eigenvalue weighted by Crippen LogP contribution is 2.26. The standard InChI is InChI=1S/C12H18N2O4S2/c1-13-5-3-9(7-13)8-14(2)20(17,18)10-4-6-19-11(10)12(15)16/h4,6,9H,3,5,7-8H2,1-2H3,(H,15,16). The minimum Gasteiger partial charge on any atom is -0.477 e. The second-order valence-corrected chi connectivity index (χ2v) is 8.05. The summed E-state index contributed by atoms with van der Waals surface area (Å²) in [6.45, 7) is 2.26. The van der Waals surface area contributed by atoms with Gasteiger partial charge in [-0.25, -0.2) is 17.5 Å². The van der Waals surface area contributed by atoms with Crippen molar-refractivity contribution in [3.63, 3.8) is 0 Å². The molecule has 1 N–H and O–H groups in total. The fourth-order valence-electron chi connectivity index (χ4n) is 2.46. The van der Waals surface area contributed by atoms with Gasteiger partial charge in [-0.1, -0.05) is 0 Å². The summed E-state index contributed by atoms with van der Waals surface area (Å²) in [4.78, 5) is 13.0.